The normalized spacial score (nSPS) is 15.0. The number of nitrogens with zero attached hydrogens (tertiary/aromatic N) is 5. The maximum atomic E-state index is 5.30. The minimum atomic E-state index is 0.804. The number of hydrogen-bond donors (Lipinski definition) is 0. The molecule has 1 aromatic carbocycles. The molecule has 1 saturated heterocycles. The molecule has 0 unspecified atom stereocenters. The fourth-order valence-electron chi connectivity index (χ4n) is 3.19. The van der Waals surface area contributed by atoms with Crippen LogP contribution in [0.15, 0.2) is 55.0 Å². The van der Waals surface area contributed by atoms with Gasteiger partial charge in [0.2, 0.25) is 0 Å². The van der Waals surface area contributed by atoms with Gasteiger partial charge in [-0.25, -0.2) is 9.97 Å². The van der Waals surface area contributed by atoms with Gasteiger partial charge >= 0.3 is 0 Å². The quantitative estimate of drug-likeness (QED) is 0.712. The summed E-state index contributed by atoms with van der Waals surface area (Å²) in [5.41, 5.74) is 3.57. The van der Waals surface area contributed by atoms with Crippen LogP contribution >= 0.6 is 0 Å². The zero-order valence-corrected chi connectivity index (χ0v) is 15.7. The molecule has 1 aliphatic rings. The summed E-state index contributed by atoms with van der Waals surface area (Å²) < 4.78 is 5.30. The third kappa shape index (κ3) is 3.90. The lowest BCUT2D eigenvalue weighted by Gasteiger charge is -2.33. The Morgan fingerprint density at radius 3 is 2.37 bits per heavy atom. The molecule has 4 rings (SSSR count). The molecule has 0 bridgehead atoms. The molecule has 0 N–H and O–H groups in total. The number of piperazine rings is 1. The number of pyridine rings is 1. The van der Waals surface area contributed by atoms with E-state index >= 15 is 0 Å². The average molecular weight is 361 g/mol. The highest BCUT2D eigenvalue weighted by molar-refractivity contribution is 5.65. The molecule has 138 valence electrons. The van der Waals surface area contributed by atoms with E-state index < -0.39 is 0 Å². The summed E-state index contributed by atoms with van der Waals surface area (Å²) in [7, 11) is 3.82. The van der Waals surface area contributed by atoms with Gasteiger partial charge in [0, 0.05) is 43.5 Å². The predicted octanol–water partition coefficient (Wildman–Crippen LogP) is 2.97. The van der Waals surface area contributed by atoms with E-state index in [0.717, 1.165) is 60.3 Å². The number of rotatable bonds is 4. The van der Waals surface area contributed by atoms with E-state index in [-0.39, 0.29) is 0 Å². The number of anilines is 1. The highest BCUT2D eigenvalue weighted by atomic mass is 16.5. The van der Waals surface area contributed by atoms with E-state index in [9.17, 15) is 0 Å². The second kappa shape index (κ2) is 7.72. The first kappa shape index (κ1) is 17.4. The smallest absolute Gasteiger partial charge is 0.128 e. The summed E-state index contributed by atoms with van der Waals surface area (Å²) >= 11 is 0. The number of benzene rings is 1. The van der Waals surface area contributed by atoms with Crippen LogP contribution in [0.5, 0.6) is 5.75 Å². The fourth-order valence-corrected chi connectivity index (χ4v) is 3.19. The Hall–Kier alpha value is -2.99. The maximum absolute atomic E-state index is 5.30. The van der Waals surface area contributed by atoms with E-state index in [0.29, 0.717) is 0 Å². The van der Waals surface area contributed by atoms with Crippen molar-refractivity contribution in [2.75, 3.05) is 45.2 Å². The van der Waals surface area contributed by atoms with Gasteiger partial charge in [0.05, 0.1) is 30.9 Å². The van der Waals surface area contributed by atoms with Crippen LogP contribution in [0.3, 0.4) is 0 Å². The van der Waals surface area contributed by atoms with Crippen LogP contribution in [-0.2, 0) is 0 Å². The van der Waals surface area contributed by atoms with Gasteiger partial charge in [0.25, 0.3) is 0 Å². The molecule has 0 amide bonds. The predicted molar refractivity (Wildman–Crippen MR) is 107 cm³/mol. The van der Waals surface area contributed by atoms with E-state index in [2.05, 4.69) is 38.9 Å². The van der Waals surface area contributed by atoms with Crippen molar-refractivity contribution >= 4 is 5.82 Å². The first-order chi connectivity index (χ1) is 13.2. The van der Waals surface area contributed by atoms with Crippen molar-refractivity contribution in [2.45, 2.75) is 0 Å². The SMILES string of the molecule is COc1cccc(-c2cncc(-c3ccc(N4CCN(C)CC4)nc3)n2)c1. The monoisotopic (exact) mass is 361 g/mol. The van der Waals surface area contributed by atoms with E-state index in [1.807, 2.05) is 30.5 Å². The highest BCUT2D eigenvalue weighted by Crippen LogP contribution is 2.25. The second-order valence-electron chi connectivity index (χ2n) is 6.72. The zero-order valence-electron chi connectivity index (χ0n) is 15.7. The molecule has 3 heterocycles. The van der Waals surface area contributed by atoms with Crippen molar-refractivity contribution in [3.63, 3.8) is 0 Å². The van der Waals surface area contributed by atoms with Crippen molar-refractivity contribution in [2.24, 2.45) is 0 Å². The van der Waals surface area contributed by atoms with Crippen molar-refractivity contribution < 1.29 is 4.74 Å². The number of hydrogen-bond acceptors (Lipinski definition) is 6. The highest BCUT2D eigenvalue weighted by Gasteiger charge is 2.15. The summed E-state index contributed by atoms with van der Waals surface area (Å²) in [6, 6.07) is 12.0. The van der Waals surface area contributed by atoms with Crippen molar-refractivity contribution in [1.29, 1.82) is 0 Å². The molecule has 3 aromatic rings. The lowest BCUT2D eigenvalue weighted by atomic mass is 10.1. The standard InChI is InChI=1S/C21H23N5O/c1-25-8-10-26(11-9-25)21-7-6-17(13-23-21)20-15-22-14-19(24-20)16-4-3-5-18(12-16)27-2/h3-7,12-15H,8-11H2,1-2H3. The van der Waals surface area contributed by atoms with E-state index in [1.165, 1.54) is 0 Å². The lowest BCUT2D eigenvalue weighted by molar-refractivity contribution is 0.312. The van der Waals surface area contributed by atoms with Crippen LogP contribution in [-0.4, -0.2) is 60.2 Å². The first-order valence-corrected chi connectivity index (χ1v) is 9.09. The topological polar surface area (TPSA) is 54.4 Å². The van der Waals surface area contributed by atoms with Gasteiger partial charge in [0.1, 0.15) is 11.6 Å². The van der Waals surface area contributed by atoms with Gasteiger partial charge in [-0.1, -0.05) is 12.1 Å². The average Bonchev–Trinajstić information content (AvgIpc) is 2.74. The number of ether oxygens (including phenoxy) is 1. The molecular weight excluding hydrogens is 338 g/mol. The first-order valence-electron chi connectivity index (χ1n) is 9.09. The Bertz CT molecular complexity index is 904. The molecule has 0 radical (unpaired) electrons. The number of likely N-dealkylation sites (N-methyl/N-ethyl adjacent to an activating group) is 1. The van der Waals surface area contributed by atoms with Crippen molar-refractivity contribution in [3.05, 3.63) is 55.0 Å². The molecule has 27 heavy (non-hydrogen) atoms. The van der Waals surface area contributed by atoms with Gasteiger partial charge in [-0.3, -0.25) is 4.98 Å². The van der Waals surface area contributed by atoms with Crippen LogP contribution in [0.4, 0.5) is 5.82 Å². The molecule has 2 aromatic heterocycles. The number of methoxy groups -OCH3 is 1. The molecule has 0 saturated carbocycles. The Labute approximate surface area is 159 Å². The molecule has 0 spiro atoms. The minimum Gasteiger partial charge on any atom is -0.497 e. The Balaban J connectivity index is 1.56. The molecular formula is C21H23N5O. The van der Waals surface area contributed by atoms with Crippen molar-refractivity contribution in [3.8, 4) is 28.3 Å². The van der Waals surface area contributed by atoms with Gasteiger partial charge in [-0.05, 0) is 31.3 Å². The second-order valence-corrected chi connectivity index (χ2v) is 6.72. The Morgan fingerprint density at radius 1 is 0.889 bits per heavy atom. The third-order valence-electron chi connectivity index (χ3n) is 4.87. The Kier molecular flexibility index (Phi) is 4.98. The zero-order chi connectivity index (χ0) is 18.6. The largest absolute Gasteiger partial charge is 0.497 e. The van der Waals surface area contributed by atoms with Crippen LogP contribution in [0.25, 0.3) is 22.5 Å². The molecule has 6 nitrogen and oxygen atoms in total. The summed E-state index contributed by atoms with van der Waals surface area (Å²) in [6.45, 7) is 4.15. The lowest BCUT2D eigenvalue weighted by Crippen LogP contribution is -2.44. The van der Waals surface area contributed by atoms with E-state index in [1.54, 1.807) is 19.5 Å². The van der Waals surface area contributed by atoms with Crippen LogP contribution in [0.1, 0.15) is 0 Å². The van der Waals surface area contributed by atoms with Gasteiger partial charge in [0.15, 0.2) is 0 Å². The summed E-state index contributed by atoms with van der Waals surface area (Å²) in [6.07, 6.45) is 5.42. The molecule has 0 atom stereocenters. The van der Waals surface area contributed by atoms with Gasteiger partial charge < -0.3 is 14.5 Å². The number of aromatic nitrogens is 3. The maximum Gasteiger partial charge on any atom is 0.128 e. The van der Waals surface area contributed by atoms with Gasteiger partial charge in [-0.15, -0.1) is 0 Å². The molecule has 0 aliphatic carbocycles. The summed E-state index contributed by atoms with van der Waals surface area (Å²) in [5.74, 6) is 1.82. The molecule has 1 aliphatic heterocycles. The van der Waals surface area contributed by atoms with E-state index in [4.69, 9.17) is 9.72 Å². The van der Waals surface area contributed by atoms with Crippen LogP contribution < -0.4 is 9.64 Å². The van der Waals surface area contributed by atoms with Crippen LogP contribution in [0.2, 0.25) is 0 Å². The summed E-state index contributed by atoms with van der Waals surface area (Å²) in [4.78, 5) is 18.4. The Morgan fingerprint density at radius 2 is 1.67 bits per heavy atom. The third-order valence-corrected chi connectivity index (χ3v) is 4.87. The molecule has 6 heteroatoms. The van der Waals surface area contributed by atoms with Crippen molar-refractivity contribution in [1.82, 2.24) is 19.9 Å². The van der Waals surface area contributed by atoms with Gasteiger partial charge in [-0.2, -0.15) is 0 Å². The fraction of sp³-hybridized carbons (Fsp3) is 0.286. The minimum absolute atomic E-state index is 0.804. The van der Waals surface area contributed by atoms with Crippen LogP contribution in [0, 0.1) is 0 Å². The molecule has 1 fully saturated rings. The summed E-state index contributed by atoms with van der Waals surface area (Å²) in [5, 5.41) is 0.